The summed E-state index contributed by atoms with van der Waals surface area (Å²) >= 11 is 0. The lowest BCUT2D eigenvalue weighted by atomic mass is 9.87. The fourth-order valence-electron chi connectivity index (χ4n) is 2.78. The molecule has 116 valence electrons. The quantitative estimate of drug-likeness (QED) is 0.912. The van der Waals surface area contributed by atoms with Crippen LogP contribution in [0.1, 0.15) is 27.9 Å². The molecule has 1 atom stereocenters. The van der Waals surface area contributed by atoms with Crippen molar-refractivity contribution in [3.8, 4) is 0 Å². The molecule has 1 aromatic carbocycles. The van der Waals surface area contributed by atoms with E-state index >= 15 is 0 Å². The third-order valence-electron chi connectivity index (χ3n) is 4.01. The fourth-order valence-corrected chi connectivity index (χ4v) is 2.78. The lowest BCUT2D eigenvalue weighted by molar-refractivity contribution is -0.229. The molecule has 1 aromatic rings. The predicted molar refractivity (Wildman–Crippen MR) is 72.0 cm³/mol. The summed E-state index contributed by atoms with van der Waals surface area (Å²) in [6.45, 7) is 2.20. The van der Waals surface area contributed by atoms with Gasteiger partial charge >= 0.3 is 6.18 Å². The number of aliphatic hydroxyl groups excluding tert-OH is 1. The van der Waals surface area contributed by atoms with Crippen LogP contribution in [0.5, 0.6) is 0 Å². The summed E-state index contributed by atoms with van der Waals surface area (Å²) in [6.07, 6.45) is -4.77. The molecular formula is C15H18F3NO2. The molecule has 3 nitrogen and oxygen atoms in total. The van der Waals surface area contributed by atoms with E-state index in [1.807, 2.05) is 19.9 Å². The van der Waals surface area contributed by atoms with Gasteiger partial charge < -0.3 is 10.0 Å². The Labute approximate surface area is 121 Å². The van der Waals surface area contributed by atoms with Crippen molar-refractivity contribution < 1.29 is 23.1 Å². The molecule has 1 N–H and O–H groups in total. The molecule has 0 spiro atoms. The minimum atomic E-state index is -4.51. The second-order valence-corrected chi connectivity index (χ2v) is 5.79. The van der Waals surface area contributed by atoms with Crippen LogP contribution in [0.3, 0.4) is 0 Å². The van der Waals surface area contributed by atoms with Gasteiger partial charge in [0, 0.05) is 18.7 Å². The first-order chi connectivity index (χ1) is 9.68. The van der Waals surface area contributed by atoms with Crippen molar-refractivity contribution in [3.05, 3.63) is 34.9 Å². The Bertz CT molecular complexity index is 536. The smallest absolute Gasteiger partial charge is 0.395 e. The van der Waals surface area contributed by atoms with Gasteiger partial charge in [-0.2, -0.15) is 13.2 Å². The first-order valence-corrected chi connectivity index (χ1v) is 6.74. The second kappa shape index (κ2) is 5.33. The highest BCUT2D eigenvalue weighted by Gasteiger charge is 2.58. The lowest BCUT2D eigenvalue weighted by Gasteiger charge is -2.29. The number of rotatable bonds is 2. The highest BCUT2D eigenvalue weighted by molar-refractivity contribution is 5.94. The summed E-state index contributed by atoms with van der Waals surface area (Å²) in [5.74, 6) is -0.415. The molecule has 0 aliphatic carbocycles. The molecule has 1 aliphatic rings. The van der Waals surface area contributed by atoms with Crippen molar-refractivity contribution in [1.29, 1.82) is 0 Å². The van der Waals surface area contributed by atoms with Gasteiger partial charge in [0.25, 0.3) is 5.91 Å². The van der Waals surface area contributed by atoms with Gasteiger partial charge in [-0.05, 0) is 32.4 Å². The van der Waals surface area contributed by atoms with Crippen molar-refractivity contribution in [2.24, 2.45) is 5.41 Å². The van der Waals surface area contributed by atoms with Crippen LogP contribution in [0.2, 0.25) is 0 Å². The van der Waals surface area contributed by atoms with Crippen LogP contribution in [0.25, 0.3) is 0 Å². The zero-order chi connectivity index (χ0) is 15.8. The number of hydrogen-bond donors (Lipinski definition) is 1. The van der Waals surface area contributed by atoms with Gasteiger partial charge in [0.05, 0.1) is 6.61 Å². The second-order valence-electron chi connectivity index (χ2n) is 5.79. The summed E-state index contributed by atoms with van der Waals surface area (Å²) in [6, 6.07) is 5.23. The minimum absolute atomic E-state index is 0.00585. The van der Waals surface area contributed by atoms with E-state index in [-0.39, 0.29) is 13.0 Å². The van der Waals surface area contributed by atoms with Crippen molar-refractivity contribution >= 4 is 5.91 Å². The predicted octanol–water partition coefficient (Wildman–Crippen LogP) is 2.69. The first kappa shape index (κ1) is 15.8. The van der Waals surface area contributed by atoms with Crippen molar-refractivity contribution in [2.45, 2.75) is 26.4 Å². The van der Waals surface area contributed by atoms with E-state index in [4.69, 9.17) is 5.11 Å². The van der Waals surface area contributed by atoms with Crippen LogP contribution in [-0.2, 0) is 0 Å². The van der Waals surface area contributed by atoms with Gasteiger partial charge in [-0.1, -0.05) is 17.2 Å². The summed E-state index contributed by atoms with van der Waals surface area (Å²) in [7, 11) is 0. The molecule has 0 saturated carbocycles. The number of likely N-dealkylation sites (tertiary alicyclic amines) is 1. The molecule has 1 unspecified atom stereocenters. The highest BCUT2D eigenvalue weighted by Crippen LogP contribution is 2.45. The van der Waals surface area contributed by atoms with E-state index in [0.29, 0.717) is 5.56 Å². The number of carbonyl (C=O) groups is 1. The Morgan fingerprint density at radius 1 is 1.29 bits per heavy atom. The van der Waals surface area contributed by atoms with Gasteiger partial charge in [0.2, 0.25) is 0 Å². The maximum atomic E-state index is 13.1. The van der Waals surface area contributed by atoms with Crippen LogP contribution in [0.15, 0.2) is 18.2 Å². The third kappa shape index (κ3) is 2.90. The molecule has 1 saturated heterocycles. The Morgan fingerprint density at radius 2 is 1.86 bits per heavy atom. The van der Waals surface area contributed by atoms with Crippen molar-refractivity contribution in [1.82, 2.24) is 4.90 Å². The number of aryl methyl sites for hydroxylation is 2. The van der Waals surface area contributed by atoms with Crippen LogP contribution >= 0.6 is 0 Å². The van der Waals surface area contributed by atoms with Crippen LogP contribution < -0.4 is 0 Å². The van der Waals surface area contributed by atoms with Gasteiger partial charge in [0.15, 0.2) is 0 Å². The first-order valence-electron chi connectivity index (χ1n) is 6.74. The van der Waals surface area contributed by atoms with E-state index in [1.54, 1.807) is 12.1 Å². The third-order valence-corrected chi connectivity index (χ3v) is 4.01. The Morgan fingerprint density at radius 3 is 2.29 bits per heavy atom. The molecule has 21 heavy (non-hydrogen) atoms. The number of halogens is 3. The SMILES string of the molecule is Cc1cc(C)cc(C(=O)N2CCC(CO)(C(F)(F)F)C2)c1. The monoisotopic (exact) mass is 301 g/mol. The standard InChI is InChI=1S/C15H18F3NO2/c1-10-5-11(2)7-12(6-10)13(21)19-4-3-14(8-19,9-20)15(16,17)18/h5-7,20H,3-4,8-9H2,1-2H3. The Hall–Kier alpha value is -1.56. The summed E-state index contributed by atoms with van der Waals surface area (Å²) in [5, 5.41) is 9.15. The number of aliphatic hydroxyl groups is 1. The average Bonchev–Trinajstić information content (AvgIpc) is 2.81. The van der Waals surface area contributed by atoms with E-state index in [2.05, 4.69) is 0 Å². The van der Waals surface area contributed by atoms with E-state index < -0.39 is 30.7 Å². The zero-order valence-corrected chi connectivity index (χ0v) is 12.0. The molecule has 6 heteroatoms. The van der Waals surface area contributed by atoms with Gasteiger partial charge in [-0.3, -0.25) is 4.79 Å². The van der Waals surface area contributed by atoms with E-state index in [1.165, 1.54) is 4.90 Å². The van der Waals surface area contributed by atoms with E-state index in [9.17, 15) is 18.0 Å². The van der Waals surface area contributed by atoms with Gasteiger partial charge in [-0.25, -0.2) is 0 Å². The van der Waals surface area contributed by atoms with Crippen molar-refractivity contribution in [2.75, 3.05) is 19.7 Å². The Balaban J connectivity index is 2.23. The number of amides is 1. The highest BCUT2D eigenvalue weighted by atomic mass is 19.4. The molecule has 1 amide bonds. The van der Waals surface area contributed by atoms with Crippen LogP contribution in [0.4, 0.5) is 13.2 Å². The van der Waals surface area contributed by atoms with Crippen LogP contribution in [-0.4, -0.2) is 41.8 Å². The fraction of sp³-hybridized carbons (Fsp3) is 0.533. The molecular weight excluding hydrogens is 283 g/mol. The molecule has 1 heterocycles. The van der Waals surface area contributed by atoms with Gasteiger partial charge in [0.1, 0.15) is 5.41 Å². The number of alkyl halides is 3. The molecule has 0 radical (unpaired) electrons. The van der Waals surface area contributed by atoms with Gasteiger partial charge in [-0.15, -0.1) is 0 Å². The molecule has 0 bridgehead atoms. The lowest BCUT2D eigenvalue weighted by Crippen LogP contribution is -2.44. The number of hydrogen-bond acceptors (Lipinski definition) is 2. The molecule has 0 aromatic heterocycles. The number of nitrogens with zero attached hydrogens (tertiary/aromatic N) is 1. The summed E-state index contributed by atoms with van der Waals surface area (Å²) in [5.41, 5.74) is -0.0198. The largest absolute Gasteiger partial charge is 0.398 e. The Kier molecular flexibility index (Phi) is 4.02. The average molecular weight is 301 g/mol. The summed E-state index contributed by atoms with van der Waals surface area (Å²) in [4.78, 5) is 13.5. The molecule has 1 fully saturated rings. The maximum absolute atomic E-state index is 13.1. The maximum Gasteiger partial charge on any atom is 0.398 e. The molecule has 1 aliphatic heterocycles. The number of benzene rings is 1. The number of carbonyl (C=O) groups excluding carboxylic acids is 1. The topological polar surface area (TPSA) is 40.5 Å². The van der Waals surface area contributed by atoms with Crippen molar-refractivity contribution in [3.63, 3.8) is 0 Å². The van der Waals surface area contributed by atoms with Crippen LogP contribution in [0, 0.1) is 19.3 Å². The minimum Gasteiger partial charge on any atom is -0.395 e. The van der Waals surface area contributed by atoms with E-state index in [0.717, 1.165) is 11.1 Å². The molecule has 2 rings (SSSR count). The zero-order valence-electron chi connectivity index (χ0n) is 12.0. The summed E-state index contributed by atoms with van der Waals surface area (Å²) < 4.78 is 39.3. The normalized spacial score (nSPS) is 22.7.